The Bertz CT molecular complexity index is 552. The molecule has 0 amide bonds. The number of ether oxygens (including phenoxy) is 2. The molecule has 0 aliphatic rings. The highest BCUT2D eigenvalue weighted by atomic mass is 32.2. The third kappa shape index (κ3) is 3.54. The zero-order valence-electron chi connectivity index (χ0n) is 11.4. The van der Waals surface area contributed by atoms with E-state index in [0.717, 1.165) is 0 Å². The number of benzene rings is 2. The van der Waals surface area contributed by atoms with Gasteiger partial charge in [0.25, 0.3) is 0 Å². The normalized spacial score (nSPS) is 11.7. The van der Waals surface area contributed by atoms with Gasteiger partial charge in [0.1, 0.15) is 5.75 Å². The molecule has 20 heavy (non-hydrogen) atoms. The van der Waals surface area contributed by atoms with Gasteiger partial charge in [-0.15, -0.1) is 0 Å². The van der Waals surface area contributed by atoms with Crippen molar-refractivity contribution in [2.24, 2.45) is 0 Å². The minimum atomic E-state index is -0.706. The van der Waals surface area contributed by atoms with E-state index >= 15 is 0 Å². The number of hydrogen-bond acceptors (Lipinski definition) is 4. The number of rotatable bonds is 4. The first-order chi connectivity index (χ1) is 9.74. The van der Waals surface area contributed by atoms with Crippen LogP contribution in [0.1, 0.15) is 16.4 Å². The summed E-state index contributed by atoms with van der Waals surface area (Å²) in [4.78, 5) is 11.0. The van der Waals surface area contributed by atoms with Crippen molar-refractivity contribution in [2.45, 2.75) is 5.25 Å². The van der Waals surface area contributed by atoms with Crippen LogP contribution in [0.3, 0.4) is 0 Å². The highest BCUT2D eigenvalue weighted by molar-refractivity contribution is 7.99. The third-order valence-electron chi connectivity index (χ3n) is 2.89. The Hall–Kier alpha value is -1.94. The predicted molar refractivity (Wildman–Crippen MR) is 81.3 cm³/mol. The summed E-state index contributed by atoms with van der Waals surface area (Å²) in [6, 6.07) is 17.8. The summed E-state index contributed by atoms with van der Waals surface area (Å²) in [6.45, 7) is 0. The van der Waals surface area contributed by atoms with Gasteiger partial charge in [0.05, 0.1) is 12.4 Å². The highest BCUT2D eigenvalue weighted by Crippen LogP contribution is 2.34. The molecular formula is C16H16O3S. The Kier molecular flexibility index (Phi) is 5.07. The molecule has 0 spiro atoms. The van der Waals surface area contributed by atoms with Gasteiger partial charge in [-0.25, -0.2) is 4.79 Å². The van der Waals surface area contributed by atoms with Crippen LogP contribution in [0.4, 0.5) is 4.79 Å². The van der Waals surface area contributed by atoms with Gasteiger partial charge < -0.3 is 9.47 Å². The fourth-order valence-corrected chi connectivity index (χ4v) is 2.80. The van der Waals surface area contributed by atoms with Crippen LogP contribution in [0.15, 0.2) is 54.6 Å². The number of methoxy groups -OCH3 is 1. The molecule has 0 saturated heterocycles. The summed E-state index contributed by atoms with van der Waals surface area (Å²) < 4.78 is 9.43. The molecule has 3 nitrogen and oxygen atoms in total. The van der Waals surface area contributed by atoms with Gasteiger partial charge in [-0.05, 0) is 29.5 Å². The number of carbonyl (C=O) groups is 1. The summed E-state index contributed by atoms with van der Waals surface area (Å²) >= 11 is 1.77. The molecule has 4 heteroatoms. The van der Waals surface area contributed by atoms with Crippen LogP contribution < -0.4 is 4.74 Å². The van der Waals surface area contributed by atoms with Gasteiger partial charge in [-0.3, -0.25) is 0 Å². The Morgan fingerprint density at radius 1 is 1.00 bits per heavy atom. The number of hydrogen-bond donors (Lipinski definition) is 0. The fourth-order valence-electron chi connectivity index (χ4n) is 1.94. The van der Waals surface area contributed by atoms with Gasteiger partial charge in [0, 0.05) is 0 Å². The van der Waals surface area contributed by atoms with Crippen LogP contribution >= 0.6 is 11.8 Å². The zero-order valence-corrected chi connectivity index (χ0v) is 12.2. The molecule has 0 saturated carbocycles. The summed E-state index contributed by atoms with van der Waals surface area (Å²) in [7, 11) is 1.29. The van der Waals surface area contributed by atoms with Crippen molar-refractivity contribution in [3.8, 4) is 5.75 Å². The summed E-state index contributed by atoms with van der Waals surface area (Å²) in [5.41, 5.74) is 2.42. The predicted octanol–water partition coefficient (Wildman–Crippen LogP) is 4.28. The molecule has 2 aromatic carbocycles. The highest BCUT2D eigenvalue weighted by Gasteiger charge is 2.13. The van der Waals surface area contributed by atoms with Crippen molar-refractivity contribution < 1.29 is 14.3 Å². The largest absolute Gasteiger partial charge is 0.513 e. The van der Waals surface area contributed by atoms with Crippen molar-refractivity contribution in [2.75, 3.05) is 13.4 Å². The van der Waals surface area contributed by atoms with Crippen LogP contribution in [-0.2, 0) is 4.74 Å². The Morgan fingerprint density at radius 3 is 2.15 bits per heavy atom. The molecule has 0 radical (unpaired) electrons. The van der Waals surface area contributed by atoms with E-state index < -0.39 is 6.16 Å². The second-order valence-corrected chi connectivity index (χ2v) is 5.09. The lowest BCUT2D eigenvalue weighted by Gasteiger charge is -2.15. The molecule has 2 rings (SSSR count). The van der Waals surface area contributed by atoms with Crippen LogP contribution in [0.2, 0.25) is 0 Å². The van der Waals surface area contributed by atoms with E-state index in [0.29, 0.717) is 5.75 Å². The standard InChI is InChI=1S/C16H16O3S/c1-18-16(17)19-14-10-8-13(9-11-14)15(20-2)12-6-4-3-5-7-12/h3-11,15H,1-2H3. The molecule has 0 aromatic heterocycles. The van der Waals surface area contributed by atoms with E-state index in [9.17, 15) is 4.79 Å². The van der Waals surface area contributed by atoms with Crippen LogP contribution in [0, 0.1) is 0 Å². The third-order valence-corrected chi connectivity index (χ3v) is 3.90. The van der Waals surface area contributed by atoms with Crippen molar-refractivity contribution in [3.05, 3.63) is 65.7 Å². The molecule has 0 aliphatic heterocycles. The Morgan fingerprint density at radius 2 is 1.60 bits per heavy atom. The fraction of sp³-hybridized carbons (Fsp3) is 0.188. The van der Waals surface area contributed by atoms with Gasteiger partial charge in [-0.1, -0.05) is 42.5 Å². The molecule has 1 unspecified atom stereocenters. The minimum absolute atomic E-state index is 0.267. The van der Waals surface area contributed by atoms with E-state index in [1.165, 1.54) is 18.2 Å². The maximum absolute atomic E-state index is 11.0. The van der Waals surface area contributed by atoms with Crippen molar-refractivity contribution >= 4 is 17.9 Å². The topological polar surface area (TPSA) is 35.5 Å². The van der Waals surface area contributed by atoms with Gasteiger partial charge >= 0.3 is 6.16 Å². The van der Waals surface area contributed by atoms with E-state index in [-0.39, 0.29) is 5.25 Å². The molecular weight excluding hydrogens is 272 g/mol. The van der Waals surface area contributed by atoms with E-state index in [1.54, 1.807) is 23.9 Å². The van der Waals surface area contributed by atoms with Crippen molar-refractivity contribution in [1.82, 2.24) is 0 Å². The lowest BCUT2D eigenvalue weighted by atomic mass is 10.0. The molecule has 1 atom stereocenters. The Labute approximate surface area is 122 Å². The molecule has 104 valence electrons. The molecule has 0 aliphatic carbocycles. The summed E-state index contributed by atoms with van der Waals surface area (Å²) in [5, 5.41) is 0.267. The van der Waals surface area contributed by atoms with Crippen LogP contribution in [0.5, 0.6) is 5.75 Å². The van der Waals surface area contributed by atoms with E-state index in [1.807, 2.05) is 30.3 Å². The second-order valence-electron chi connectivity index (χ2n) is 4.15. The monoisotopic (exact) mass is 288 g/mol. The smallest absolute Gasteiger partial charge is 0.437 e. The number of thioether (sulfide) groups is 1. The number of carbonyl (C=O) groups excluding carboxylic acids is 1. The lowest BCUT2D eigenvalue weighted by Crippen LogP contribution is -2.07. The summed E-state index contributed by atoms with van der Waals surface area (Å²) in [6.07, 6.45) is 1.37. The maximum atomic E-state index is 11.0. The summed E-state index contributed by atoms with van der Waals surface area (Å²) in [5.74, 6) is 0.480. The average Bonchev–Trinajstić information content (AvgIpc) is 2.50. The van der Waals surface area contributed by atoms with E-state index in [2.05, 4.69) is 23.1 Å². The first kappa shape index (κ1) is 14.5. The molecule has 0 bridgehead atoms. The first-order valence-corrected chi connectivity index (χ1v) is 7.47. The quantitative estimate of drug-likeness (QED) is 0.621. The van der Waals surface area contributed by atoms with Crippen molar-refractivity contribution in [3.63, 3.8) is 0 Å². The van der Waals surface area contributed by atoms with Gasteiger partial charge in [0.2, 0.25) is 0 Å². The zero-order chi connectivity index (χ0) is 14.4. The van der Waals surface area contributed by atoms with Crippen LogP contribution in [0.25, 0.3) is 0 Å². The van der Waals surface area contributed by atoms with Crippen LogP contribution in [-0.4, -0.2) is 19.5 Å². The van der Waals surface area contributed by atoms with Gasteiger partial charge in [-0.2, -0.15) is 11.8 Å². The molecule has 0 heterocycles. The molecule has 0 N–H and O–H groups in total. The lowest BCUT2D eigenvalue weighted by molar-refractivity contribution is 0.121. The molecule has 2 aromatic rings. The average molecular weight is 288 g/mol. The Balaban J connectivity index is 2.18. The molecule has 0 fully saturated rings. The SMILES string of the molecule is COC(=O)Oc1ccc(C(SC)c2ccccc2)cc1. The maximum Gasteiger partial charge on any atom is 0.513 e. The minimum Gasteiger partial charge on any atom is -0.437 e. The van der Waals surface area contributed by atoms with E-state index in [4.69, 9.17) is 4.74 Å². The van der Waals surface area contributed by atoms with Gasteiger partial charge in [0.15, 0.2) is 0 Å². The van der Waals surface area contributed by atoms with Crippen molar-refractivity contribution in [1.29, 1.82) is 0 Å². The second kappa shape index (κ2) is 7.01. The first-order valence-electron chi connectivity index (χ1n) is 6.18.